The van der Waals surface area contributed by atoms with Crippen LogP contribution in [0.4, 0.5) is 22.0 Å². The highest BCUT2D eigenvalue weighted by Gasteiger charge is 2.28. The predicted octanol–water partition coefficient (Wildman–Crippen LogP) is 5.26. The molecule has 6 heteroatoms. The molecule has 0 aromatic heterocycles. The zero-order chi connectivity index (χ0) is 16.2. The van der Waals surface area contributed by atoms with E-state index < -0.39 is 34.6 Å². The second-order valence-corrected chi connectivity index (χ2v) is 4.51. The molecule has 0 heterocycles. The highest BCUT2D eigenvalue weighted by atomic mass is 19.2. The smallest absolute Gasteiger partial charge is 0.200 e. The zero-order valence-corrected chi connectivity index (χ0v) is 11.7. The molecule has 0 fully saturated rings. The Morgan fingerprint density at radius 1 is 0.810 bits per heavy atom. The van der Waals surface area contributed by atoms with Crippen molar-refractivity contribution in [2.45, 2.75) is 39.5 Å². The van der Waals surface area contributed by atoms with Crippen LogP contribution < -0.4 is 0 Å². The number of rotatable bonds is 5. The van der Waals surface area contributed by atoms with Gasteiger partial charge in [-0.25, -0.2) is 22.0 Å². The first-order valence-corrected chi connectivity index (χ1v) is 6.54. The monoisotopic (exact) mass is 303 g/mol. The number of hydrogen-bond donors (Lipinski definition) is 0. The molecule has 0 spiro atoms. The summed E-state index contributed by atoms with van der Waals surface area (Å²) in [5.74, 6) is -9.96. The van der Waals surface area contributed by atoms with Crippen LogP contribution in [0.25, 0.3) is 5.57 Å². The SMILES string of the molecule is CCC/C(C#N)=C(\CCC)c1c(F)c(F)c(F)c(F)c1F. The topological polar surface area (TPSA) is 23.8 Å². The molecule has 0 unspecified atom stereocenters. The van der Waals surface area contributed by atoms with Gasteiger partial charge in [0.15, 0.2) is 23.3 Å². The van der Waals surface area contributed by atoms with E-state index in [1.165, 1.54) is 0 Å². The summed E-state index contributed by atoms with van der Waals surface area (Å²) in [6.45, 7) is 3.44. The van der Waals surface area contributed by atoms with Crippen molar-refractivity contribution in [3.05, 3.63) is 40.2 Å². The van der Waals surface area contributed by atoms with Crippen LogP contribution in [-0.2, 0) is 0 Å². The molecular weight excluding hydrogens is 289 g/mol. The van der Waals surface area contributed by atoms with Crippen LogP contribution in [0.5, 0.6) is 0 Å². The maximum atomic E-state index is 13.8. The standard InChI is InChI=1S/C15H14F5N/c1-3-5-8(7-21)9(6-4-2)10-11(16)13(18)15(20)14(19)12(10)17/h3-6H2,1-2H3/b9-8-. The molecular formula is C15H14F5N. The Bertz CT molecular complexity index is 584. The van der Waals surface area contributed by atoms with Crippen molar-refractivity contribution in [3.63, 3.8) is 0 Å². The van der Waals surface area contributed by atoms with E-state index in [2.05, 4.69) is 0 Å². The molecule has 1 nitrogen and oxygen atoms in total. The lowest BCUT2D eigenvalue weighted by atomic mass is 9.93. The van der Waals surface area contributed by atoms with Crippen molar-refractivity contribution in [1.29, 1.82) is 5.26 Å². The van der Waals surface area contributed by atoms with Crippen molar-refractivity contribution in [1.82, 2.24) is 0 Å². The first-order valence-electron chi connectivity index (χ1n) is 6.54. The van der Waals surface area contributed by atoms with E-state index in [9.17, 15) is 22.0 Å². The van der Waals surface area contributed by atoms with Gasteiger partial charge in [-0.1, -0.05) is 26.7 Å². The molecule has 21 heavy (non-hydrogen) atoms. The molecule has 1 aromatic carbocycles. The van der Waals surface area contributed by atoms with Gasteiger partial charge >= 0.3 is 0 Å². The molecule has 0 aliphatic heterocycles. The van der Waals surface area contributed by atoms with Gasteiger partial charge in [0.05, 0.1) is 11.6 Å². The van der Waals surface area contributed by atoms with Gasteiger partial charge in [0.25, 0.3) is 0 Å². The lowest BCUT2D eigenvalue weighted by molar-refractivity contribution is 0.376. The molecule has 0 bridgehead atoms. The molecule has 0 saturated carbocycles. The Labute approximate surface area is 119 Å². The van der Waals surface area contributed by atoms with Crippen molar-refractivity contribution < 1.29 is 22.0 Å². The summed E-state index contributed by atoms with van der Waals surface area (Å²) in [4.78, 5) is 0. The van der Waals surface area contributed by atoms with Crippen molar-refractivity contribution in [2.75, 3.05) is 0 Å². The van der Waals surface area contributed by atoms with E-state index in [1.807, 2.05) is 0 Å². The third-order valence-electron chi connectivity index (χ3n) is 3.01. The maximum absolute atomic E-state index is 13.8. The van der Waals surface area contributed by atoms with Crippen molar-refractivity contribution in [2.24, 2.45) is 0 Å². The summed E-state index contributed by atoms with van der Waals surface area (Å²) in [5, 5.41) is 9.08. The summed E-state index contributed by atoms with van der Waals surface area (Å²) < 4.78 is 67.3. The normalized spacial score (nSPS) is 12.1. The molecule has 0 aliphatic carbocycles. The summed E-state index contributed by atoms with van der Waals surface area (Å²) >= 11 is 0. The van der Waals surface area contributed by atoms with E-state index in [0.717, 1.165) is 0 Å². The number of halogens is 5. The van der Waals surface area contributed by atoms with Crippen LogP contribution >= 0.6 is 0 Å². The second-order valence-electron chi connectivity index (χ2n) is 4.51. The van der Waals surface area contributed by atoms with E-state index in [4.69, 9.17) is 5.26 Å². The van der Waals surface area contributed by atoms with Crippen LogP contribution in [0.15, 0.2) is 5.57 Å². The Balaban J connectivity index is 3.73. The van der Waals surface area contributed by atoms with Gasteiger partial charge in [0, 0.05) is 5.57 Å². The van der Waals surface area contributed by atoms with Gasteiger partial charge in [-0.05, 0) is 18.4 Å². The number of nitrogens with zero attached hydrogens (tertiary/aromatic N) is 1. The predicted molar refractivity (Wildman–Crippen MR) is 68.6 cm³/mol. The van der Waals surface area contributed by atoms with Crippen LogP contribution in [0.2, 0.25) is 0 Å². The zero-order valence-electron chi connectivity index (χ0n) is 11.7. The van der Waals surface area contributed by atoms with E-state index >= 15 is 0 Å². The Morgan fingerprint density at radius 2 is 1.24 bits per heavy atom. The maximum Gasteiger partial charge on any atom is 0.200 e. The quantitative estimate of drug-likeness (QED) is 0.315. The third kappa shape index (κ3) is 3.23. The molecule has 0 N–H and O–H groups in total. The average molecular weight is 303 g/mol. The molecule has 0 aliphatic rings. The molecule has 1 aromatic rings. The van der Waals surface area contributed by atoms with Crippen molar-refractivity contribution >= 4 is 5.57 Å². The van der Waals surface area contributed by atoms with Crippen LogP contribution in [0.3, 0.4) is 0 Å². The minimum absolute atomic E-state index is 0.0440. The fraction of sp³-hybridized carbons (Fsp3) is 0.400. The van der Waals surface area contributed by atoms with Gasteiger partial charge < -0.3 is 0 Å². The summed E-state index contributed by atoms with van der Waals surface area (Å²) in [7, 11) is 0. The average Bonchev–Trinajstić information content (AvgIpc) is 2.48. The molecule has 0 amide bonds. The first-order chi connectivity index (χ1) is 9.90. The highest BCUT2D eigenvalue weighted by molar-refractivity contribution is 5.72. The van der Waals surface area contributed by atoms with E-state index in [1.54, 1.807) is 19.9 Å². The molecule has 0 radical (unpaired) electrons. The number of hydrogen-bond acceptors (Lipinski definition) is 1. The largest absolute Gasteiger partial charge is 0.203 e. The Morgan fingerprint density at radius 3 is 1.62 bits per heavy atom. The fourth-order valence-corrected chi connectivity index (χ4v) is 2.07. The summed E-state index contributed by atoms with van der Waals surface area (Å²) in [5.41, 5.74) is -1.06. The first kappa shape index (κ1) is 17.2. The van der Waals surface area contributed by atoms with Crippen LogP contribution in [0, 0.1) is 40.4 Å². The minimum Gasteiger partial charge on any atom is -0.203 e. The van der Waals surface area contributed by atoms with Gasteiger partial charge in [-0.15, -0.1) is 0 Å². The summed E-state index contributed by atoms with van der Waals surface area (Å²) in [6, 6.07) is 1.80. The number of benzene rings is 1. The fourth-order valence-electron chi connectivity index (χ4n) is 2.07. The van der Waals surface area contributed by atoms with Gasteiger partial charge in [-0.2, -0.15) is 5.26 Å². The number of allylic oxidation sites excluding steroid dienone is 2. The lowest BCUT2D eigenvalue weighted by Crippen LogP contribution is -2.08. The van der Waals surface area contributed by atoms with Gasteiger partial charge in [-0.3, -0.25) is 0 Å². The van der Waals surface area contributed by atoms with Gasteiger partial charge in [0.2, 0.25) is 5.82 Å². The third-order valence-corrected chi connectivity index (χ3v) is 3.01. The molecule has 114 valence electrons. The van der Waals surface area contributed by atoms with Crippen LogP contribution in [-0.4, -0.2) is 0 Å². The number of nitriles is 1. The van der Waals surface area contributed by atoms with Crippen LogP contribution in [0.1, 0.15) is 45.1 Å². The second kappa shape index (κ2) is 7.21. The van der Waals surface area contributed by atoms with Gasteiger partial charge in [0.1, 0.15) is 0 Å². The van der Waals surface area contributed by atoms with E-state index in [0.29, 0.717) is 12.8 Å². The highest BCUT2D eigenvalue weighted by Crippen LogP contribution is 2.33. The Kier molecular flexibility index (Phi) is 5.89. The van der Waals surface area contributed by atoms with E-state index in [-0.39, 0.29) is 24.0 Å². The lowest BCUT2D eigenvalue weighted by Gasteiger charge is -2.13. The molecule has 1 rings (SSSR count). The minimum atomic E-state index is -2.20. The summed E-state index contributed by atoms with van der Waals surface area (Å²) in [6.07, 6.45) is 1.20. The molecule has 0 saturated heterocycles. The molecule has 0 atom stereocenters. The Hall–Kier alpha value is -1.90. The van der Waals surface area contributed by atoms with Crippen molar-refractivity contribution in [3.8, 4) is 6.07 Å².